The first-order valence-electron chi connectivity index (χ1n) is 5.52. The van der Waals surface area contributed by atoms with Crippen LogP contribution in [0.25, 0.3) is 0 Å². The zero-order valence-electron chi connectivity index (χ0n) is 10.0. The number of pyridine rings is 1. The molecule has 0 unspecified atom stereocenters. The SMILES string of the molecule is Nc1cccnc1NS(=O)(=O)c1cccc2c1N=S=N2. The van der Waals surface area contributed by atoms with Gasteiger partial charge in [-0.1, -0.05) is 6.07 Å². The summed E-state index contributed by atoms with van der Waals surface area (Å²) in [5.41, 5.74) is 6.80. The van der Waals surface area contributed by atoms with Crippen LogP contribution in [0.1, 0.15) is 0 Å². The van der Waals surface area contributed by atoms with E-state index in [9.17, 15) is 8.42 Å². The second-order valence-electron chi connectivity index (χ2n) is 3.93. The highest BCUT2D eigenvalue weighted by Crippen LogP contribution is 2.38. The number of benzene rings is 1. The van der Waals surface area contributed by atoms with Crippen molar-refractivity contribution in [2.45, 2.75) is 4.90 Å². The quantitative estimate of drug-likeness (QED) is 0.772. The van der Waals surface area contributed by atoms with Gasteiger partial charge in [-0.25, -0.2) is 13.4 Å². The Kier molecular flexibility index (Phi) is 2.99. The third-order valence-electron chi connectivity index (χ3n) is 2.61. The Balaban J connectivity index is 2.05. The van der Waals surface area contributed by atoms with Gasteiger partial charge in [-0.3, -0.25) is 4.72 Å². The molecule has 1 aromatic heterocycles. The molecule has 0 atom stereocenters. The molecule has 3 N–H and O–H groups in total. The molecule has 20 heavy (non-hydrogen) atoms. The highest BCUT2D eigenvalue weighted by atomic mass is 32.2. The van der Waals surface area contributed by atoms with Crippen molar-refractivity contribution < 1.29 is 8.42 Å². The van der Waals surface area contributed by atoms with Crippen LogP contribution in [-0.4, -0.2) is 13.4 Å². The molecule has 102 valence electrons. The van der Waals surface area contributed by atoms with Crippen LogP contribution in [0.2, 0.25) is 0 Å². The van der Waals surface area contributed by atoms with E-state index in [2.05, 4.69) is 18.4 Å². The average Bonchev–Trinajstić information content (AvgIpc) is 2.89. The van der Waals surface area contributed by atoms with Gasteiger partial charge in [-0.2, -0.15) is 8.73 Å². The lowest BCUT2D eigenvalue weighted by molar-refractivity contribution is 0.601. The molecule has 0 aliphatic carbocycles. The predicted molar refractivity (Wildman–Crippen MR) is 77.4 cm³/mol. The molecule has 0 saturated heterocycles. The number of rotatable bonds is 3. The van der Waals surface area contributed by atoms with Gasteiger partial charge in [-0.05, 0) is 24.3 Å². The van der Waals surface area contributed by atoms with Crippen molar-refractivity contribution in [2.75, 3.05) is 10.5 Å². The molecule has 1 aliphatic heterocycles. The first kappa shape index (κ1) is 12.8. The maximum atomic E-state index is 12.4. The Morgan fingerprint density at radius 2 is 2.00 bits per heavy atom. The number of aromatic nitrogens is 1. The molecule has 3 rings (SSSR count). The molecule has 0 radical (unpaired) electrons. The molecule has 0 fully saturated rings. The standard InChI is InChI=1S/C11H9N5O2S2/c12-7-3-2-6-13-11(7)16-20(17,18)9-5-1-4-8-10(9)15-19-14-8/h1-6H,12H2,(H,13,16). The summed E-state index contributed by atoms with van der Waals surface area (Å²) in [6, 6.07) is 7.96. The maximum absolute atomic E-state index is 12.4. The molecular weight excluding hydrogens is 298 g/mol. The summed E-state index contributed by atoms with van der Waals surface area (Å²) in [5, 5.41) is 0. The maximum Gasteiger partial charge on any atom is 0.265 e. The molecule has 0 bridgehead atoms. The minimum Gasteiger partial charge on any atom is -0.396 e. The van der Waals surface area contributed by atoms with Crippen molar-refractivity contribution >= 4 is 44.3 Å². The molecule has 0 amide bonds. The van der Waals surface area contributed by atoms with E-state index in [0.29, 0.717) is 11.4 Å². The molecule has 1 aromatic carbocycles. The third-order valence-corrected chi connectivity index (χ3v) is 4.52. The van der Waals surface area contributed by atoms with Gasteiger partial charge in [0, 0.05) is 6.20 Å². The first-order valence-corrected chi connectivity index (χ1v) is 7.74. The van der Waals surface area contributed by atoms with E-state index in [4.69, 9.17) is 5.73 Å². The fourth-order valence-electron chi connectivity index (χ4n) is 1.68. The van der Waals surface area contributed by atoms with Crippen LogP contribution in [0.5, 0.6) is 0 Å². The van der Waals surface area contributed by atoms with E-state index in [1.54, 1.807) is 24.3 Å². The summed E-state index contributed by atoms with van der Waals surface area (Å²) in [7, 11) is -3.82. The number of fused-ring (bicyclic) bond motifs is 1. The van der Waals surface area contributed by atoms with E-state index in [1.807, 2.05) is 0 Å². The number of anilines is 2. The molecule has 9 heteroatoms. The third kappa shape index (κ3) is 2.17. The first-order chi connectivity index (χ1) is 9.58. The van der Waals surface area contributed by atoms with Crippen LogP contribution in [0, 0.1) is 0 Å². The van der Waals surface area contributed by atoms with E-state index in [1.165, 1.54) is 12.3 Å². The van der Waals surface area contributed by atoms with E-state index in [0.717, 1.165) is 11.4 Å². The zero-order valence-corrected chi connectivity index (χ0v) is 11.6. The Morgan fingerprint density at radius 1 is 1.15 bits per heavy atom. The number of nitrogens with one attached hydrogen (secondary N) is 1. The van der Waals surface area contributed by atoms with Crippen LogP contribution in [0.15, 0.2) is 50.1 Å². The van der Waals surface area contributed by atoms with Crippen LogP contribution >= 0.6 is 0 Å². The fraction of sp³-hybridized carbons (Fsp3) is 0. The highest BCUT2D eigenvalue weighted by Gasteiger charge is 2.23. The lowest BCUT2D eigenvalue weighted by atomic mass is 10.3. The van der Waals surface area contributed by atoms with Crippen LogP contribution in [0.4, 0.5) is 22.9 Å². The topological polar surface area (TPSA) is 110 Å². The van der Waals surface area contributed by atoms with Crippen molar-refractivity contribution in [3.8, 4) is 0 Å². The van der Waals surface area contributed by atoms with Gasteiger partial charge in [0.2, 0.25) is 0 Å². The summed E-state index contributed by atoms with van der Waals surface area (Å²) in [6.07, 6.45) is 1.46. The Bertz CT molecular complexity index is 857. The van der Waals surface area contributed by atoms with Gasteiger partial charge in [0.05, 0.1) is 17.0 Å². The summed E-state index contributed by atoms with van der Waals surface area (Å²) in [4.78, 5) is 3.96. The predicted octanol–water partition coefficient (Wildman–Crippen LogP) is 2.19. The number of nitrogens with zero attached hydrogens (tertiary/aromatic N) is 3. The van der Waals surface area contributed by atoms with Crippen molar-refractivity contribution in [2.24, 2.45) is 8.73 Å². The summed E-state index contributed by atoms with van der Waals surface area (Å²) in [6.45, 7) is 0. The van der Waals surface area contributed by atoms with Gasteiger partial charge in [0.25, 0.3) is 10.0 Å². The van der Waals surface area contributed by atoms with Crippen molar-refractivity contribution in [1.82, 2.24) is 4.98 Å². The monoisotopic (exact) mass is 307 g/mol. The highest BCUT2D eigenvalue weighted by molar-refractivity contribution is 7.93. The lowest BCUT2D eigenvalue weighted by Gasteiger charge is -2.10. The molecule has 0 spiro atoms. The number of hydrogen-bond acceptors (Lipinski definition) is 6. The van der Waals surface area contributed by atoms with Crippen molar-refractivity contribution in [1.29, 1.82) is 0 Å². The Morgan fingerprint density at radius 3 is 2.80 bits per heavy atom. The van der Waals surface area contributed by atoms with Gasteiger partial charge in [-0.15, -0.1) is 0 Å². The lowest BCUT2D eigenvalue weighted by Crippen LogP contribution is -2.15. The summed E-state index contributed by atoms with van der Waals surface area (Å²) >= 11 is 0.960. The smallest absolute Gasteiger partial charge is 0.265 e. The molecule has 2 heterocycles. The molecule has 7 nitrogen and oxygen atoms in total. The van der Waals surface area contributed by atoms with E-state index in [-0.39, 0.29) is 16.4 Å². The largest absolute Gasteiger partial charge is 0.396 e. The normalized spacial score (nSPS) is 12.8. The van der Waals surface area contributed by atoms with Gasteiger partial charge in [0.1, 0.15) is 16.3 Å². The molecule has 1 aliphatic rings. The molecular formula is C11H9N5O2S2. The minimum atomic E-state index is -3.82. The summed E-state index contributed by atoms with van der Waals surface area (Å²) in [5.74, 6) is 0.0905. The van der Waals surface area contributed by atoms with Crippen LogP contribution in [-0.2, 0) is 21.4 Å². The van der Waals surface area contributed by atoms with Crippen LogP contribution in [0.3, 0.4) is 0 Å². The van der Waals surface area contributed by atoms with E-state index < -0.39 is 10.0 Å². The molecule has 2 aromatic rings. The Hall–Kier alpha value is -2.26. The van der Waals surface area contributed by atoms with Gasteiger partial charge >= 0.3 is 0 Å². The van der Waals surface area contributed by atoms with Crippen LogP contribution < -0.4 is 10.5 Å². The number of nitrogen functional groups attached to an aromatic ring is 1. The fourth-order valence-corrected chi connectivity index (χ4v) is 3.49. The molecule has 0 saturated carbocycles. The summed E-state index contributed by atoms with van der Waals surface area (Å²) < 4.78 is 35.2. The number of nitrogens with two attached hydrogens (primary N) is 1. The van der Waals surface area contributed by atoms with Crippen molar-refractivity contribution in [3.63, 3.8) is 0 Å². The number of hydrogen-bond donors (Lipinski definition) is 2. The Labute approximate surface area is 118 Å². The van der Waals surface area contributed by atoms with Gasteiger partial charge < -0.3 is 5.73 Å². The second-order valence-corrected chi connectivity index (χ2v) is 6.11. The van der Waals surface area contributed by atoms with Crippen molar-refractivity contribution in [3.05, 3.63) is 36.5 Å². The number of sulfonamides is 1. The van der Waals surface area contributed by atoms with Gasteiger partial charge in [0.15, 0.2) is 5.82 Å². The average molecular weight is 307 g/mol. The van der Waals surface area contributed by atoms with E-state index >= 15 is 0 Å². The second kappa shape index (κ2) is 4.69. The minimum absolute atomic E-state index is 0.0498. The zero-order chi connectivity index (χ0) is 14.2.